The molecule has 0 aromatic carbocycles. The number of alkyl halides is 4. The molecule has 1 aliphatic rings. The molecule has 0 aromatic rings. The standard InChI is InChI=1S/C9H12F4O2/c1-6(2)5-14-4-3-7-8(10,11)15-9(7,12)13/h5,7H,3-4H2,1-2H3. The van der Waals surface area contributed by atoms with E-state index in [9.17, 15) is 17.6 Å². The fourth-order valence-electron chi connectivity index (χ4n) is 1.21. The van der Waals surface area contributed by atoms with Gasteiger partial charge in [-0.3, -0.25) is 4.74 Å². The lowest BCUT2D eigenvalue weighted by Crippen LogP contribution is -2.59. The summed E-state index contributed by atoms with van der Waals surface area (Å²) in [6.45, 7) is 3.32. The zero-order valence-electron chi connectivity index (χ0n) is 8.40. The van der Waals surface area contributed by atoms with Crippen LogP contribution in [0.15, 0.2) is 11.8 Å². The first-order chi connectivity index (χ1) is 6.76. The number of ether oxygens (including phenoxy) is 2. The summed E-state index contributed by atoms with van der Waals surface area (Å²) < 4.78 is 58.0. The minimum atomic E-state index is -3.74. The Kier molecular flexibility index (Phi) is 3.28. The second-order valence-corrected chi connectivity index (χ2v) is 3.63. The maximum Gasteiger partial charge on any atom is 0.371 e. The number of hydrogen-bond donors (Lipinski definition) is 0. The summed E-state index contributed by atoms with van der Waals surface area (Å²) in [7, 11) is 0. The van der Waals surface area contributed by atoms with Gasteiger partial charge in [0.25, 0.3) is 0 Å². The molecule has 0 unspecified atom stereocenters. The Bertz CT molecular complexity index is 245. The first-order valence-electron chi connectivity index (χ1n) is 4.46. The maximum atomic E-state index is 12.5. The van der Waals surface area contributed by atoms with Gasteiger partial charge in [-0.15, -0.1) is 0 Å². The summed E-state index contributed by atoms with van der Waals surface area (Å²) in [5.74, 6) is -2.09. The SMILES string of the molecule is CC(C)=COCCC1C(F)(F)OC1(F)F. The zero-order chi connectivity index (χ0) is 11.7. The lowest BCUT2D eigenvalue weighted by atomic mass is 9.98. The van der Waals surface area contributed by atoms with Crippen LogP contribution in [0.25, 0.3) is 0 Å². The van der Waals surface area contributed by atoms with Crippen molar-refractivity contribution in [3.05, 3.63) is 11.8 Å². The molecule has 88 valence electrons. The molecule has 0 saturated carbocycles. The second kappa shape index (κ2) is 4.00. The van der Waals surface area contributed by atoms with Gasteiger partial charge in [-0.2, -0.15) is 17.6 Å². The molecule has 0 amide bonds. The van der Waals surface area contributed by atoms with Gasteiger partial charge in [-0.05, 0) is 19.4 Å². The van der Waals surface area contributed by atoms with Crippen molar-refractivity contribution >= 4 is 0 Å². The topological polar surface area (TPSA) is 18.5 Å². The van der Waals surface area contributed by atoms with Crippen LogP contribution in [0.2, 0.25) is 0 Å². The van der Waals surface area contributed by atoms with E-state index in [1.165, 1.54) is 6.26 Å². The summed E-state index contributed by atoms with van der Waals surface area (Å²) in [6.07, 6.45) is -6.57. The molecule has 6 heteroatoms. The van der Waals surface area contributed by atoms with Gasteiger partial charge in [-0.1, -0.05) is 0 Å². The van der Waals surface area contributed by atoms with Crippen LogP contribution in [0.4, 0.5) is 17.6 Å². The van der Waals surface area contributed by atoms with E-state index in [0.29, 0.717) is 0 Å². The molecule has 1 fully saturated rings. The molecule has 2 nitrogen and oxygen atoms in total. The lowest BCUT2D eigenvalue weighted by molar-refractivity contribution is -0.518. The number of halogens is 4. The molecule has 0 bridgehead atoms. The van der Waals surface area contributed by atoms with Crippen LogP contribution < -0.4 is 0 Å². The van der Waals surface area contributed by atoms with Crippen molar-refractivity contribution < 1.29 is 27.0 Å². The van der Waals surface area contributed by atoms with Gasteiger partial charge < -0.3 is 4.74 Å². The molecule has 1 rings (SSSR count). The predicted octanol–water partition coefficient (Wildman–Crippen LogP) is 3.15. The third-order valence-corrected chi connectivity index (χ3v) is 1.93. The average Bonchev–Trinajstić information content (AvgIpc) is 1.99. The van der Waals surface area contributed by atoms with Gasteiger partial charge in [0.05, 0.1) is 12.9 Å². The molecule has 0 N–H and O–H groups in total. The fourth-order valence-corrected chi connectivity index (χ4v) is 1.21. The summed E-state index contributed by atoms with van der Waals surface area (Å²) in [4.78, 5) is 0. The fraction of sp³-hybridized carbons (Fsp3) is 0.778. The van der Waals surface area contributed by atoms with E-state index in [-0.39, 0.29) is 6.61 Å². The molecule has 0 radical (unpaired) electrons. The van der Waals surface area contributed by atoms with Crippen LogP contribution in [0.1, 0.15) is 20.3 Å². The third-order valence-electron chi connectivity index (χ3n) is 1.93. The van der Waals surface area contributed by atoms with Crippen molar-refractivity contribution in [3.63, 3.8) is 0 Å². The Balaban J connectivity index is 2.35. The van der Waals surface area contributed by atoms with Gasteiger partial charge in [0.15, 0.2) is 0 Å². The van der Waals surface area contributed by atoms with Gasteiger partial charge >= 0.3 is 12.2 Å². The summed E-state index contributed by atoms with van der Waals surface area (Å²) in [5.41, 5.74) is 0.832. The van der Waals surface area contributed by atoms with Crippen molar-refractivity contribution in [2.75, 3.05) is 6.61 Å². The highest BCUT2D eigenvalue weighted by atomic mass is 19.3. The van der Waals surface area contributed by atoms with Crippen LogP contribution in [0.5, 0.6) is 0 Å². The molecule has 1 heterocycles. The van der Waals surface area contributed by atoms with Crippen LogP contribution >= 0.6 is 0 Å². The zero-order valence-corrected chi connectivity index (χ0v) is 8.40. The number of allylic oxidation sites excluding steroid dienone is 1. The molecule has 0 atom stereocenters. The van der Waals surface area contributed by atoms with Crippen LogP contribution in [0.3, 0.4) is 0 Å². The minimum absolute atomic E-state index is 0.176. The van der Waals surface area contributed by atoms with Crippen molar-refractivity contribution in [2.24, 2.45) is 5.92 Å². The monoisotopic (exact) mass is 228 g/mol. The first-order valence-corrected chi connectivity index (χ1v) is 4.46. The van der Waals surface area contributed by atoms with E-state index in [2.05, 4.69) is 4.74 Å². The highest BCUT2D eigenvalue weighted by molar-refractivity contribution is 4.89. The Hall–Kier alpha value is -0.780. The Morgan fingerprint density at radius 2 is 1.80 bits per heavy atom. The van der Waals surface area contributed by atoms with Crippen LogP contribution in [0, 0.1) is 5.92 Å². The van der Waals surface area contributed by atoms with Crippen molar-refractivity contribution in [1.82, 2.24) is 0 Å². The number of rotatable bonds is 4. The minimum Gasteiger partial charge on any atom is -0.501 e. The molecule has 1 aliphatic heterocycles. The largest absolute Gasteiger partial charge is 0.501 e. The molecule has 0 aromatic heterocycles. The summed E-state index contributed by atoms with van der Waals surface area (Å²) in [5, 5.41) is 0. The van der Waals surface area contributed by atoms with E-state index in [1.54, 1.807) is 13.8 Å². The average molecular weight is 228 g/mol. The lowest BCUT2D eigenvalue weighted by Gasteiger charge is -2.42. The predicted molar refractivity (Wildman–Crippen MR) is 44.5 cm³/mol. The molecular formula is C9H12F4O2. The molecule has 15 heavy (non-hydrogen) atoms. The van der Waals surface area contributed by atoms with E-state index in [1.807, 2.05) is 0 Å². The van der Waals surface area contributed by atoms with Gasteiger partial charge in [0, 0.05) is 6.42 Å². The van der Waals surface area contributed by atoms with E-state index >= 15 is 0 Å². The smallest absolute Gasteiger partial charge is 0.371 e. The highest BCUT2D eigenvalue weighted by Gasteiger charge is 2.70. The Morgan fingerprint density at radius 3 is 2.20 bits per heavy atom. The van der Waals surface area contributed by atoms with Crippen LogP contribution in [-0.4, -0.2) is 18.8 Å². The second-order valence-electron chi connectivity index (χ2n) is 3.63. The van der Waals surface area contributed by atoms with E-state index in [4.69, 9.17) is 4.74 Å². The molecule has 1 saturated heterocycles. The van der Waals surface area contributed by atoms with Crippen molar-refractivity contribution in [2.45, 2.75) is 32.5 Å². The van der Waals surface area contributed by atoms with Crippen molar-refractivity contribution in [1.29, 1.82) is 0 Å². The van der Waals surface area contributed by atoms with E-state index < -0.39 is 24.6 Å². The molecule has 0 aliphatic carbocycles. The highest BCUT2D eigenvalue weighted by Crippen LogP contribution is 2.53. The maximum absolute atomic E-state index is 12.5. The van der Waals surface area contributed by atoms with E-state index in [0.717, 1.165) is 5.57 Å². The molecule has 0 spiro atoms. The van der Waals surface area contributed by atoms with Gasteiger partial charge in [0.2, 0.25) is 0 Å². The normalized spacial score (nSPS) is 23.1. The number of hydrogen-bond acceptors (Lipinski definition) is 2. The first kappa shape index (κ1) is 12.3. The van der Waals surface area contributed by atoms with Crippen molar-refractivity contribution in [3.8, 4) is 0 Å². The Morgan fingerprint density at radius 1 is 1.27 bits per heavy atom. The van der Waals surface area contributed by atoms with Crippen LogP contribution in [-0.2, 0) is 9.47 Å². The quantitative estimate of drug-likeness (QED) is 0.418. The Labute approximate surface area is 84.9 Å². The summed E-state index contributed by atoms with van der Waals surface area (Å²) >= 11 is 0. The summed E-state index contributed by atoms with van der Waals surface area (Å²) in [6, 6.07) is 0. The van der Waals surface area contributed by atoms with Gasteiger partial charge in [-0.25, -0.2) is 0 Å². The molecular weight excluding hydrogens is 216 g/mol. The van der Waals surface area contributed by atoms with Gasteiger partial charge in [0.1, 0.15) is 5.92 Å². The third kappa shape index (κ3) is 2.84.